The number of methoxy groups -OCH3 is 2. The van der Waals surface area contributed by atoms with Gasteiger partial charge in [-0.25, -0.2) is 8.42 Å². The van der Waals surface area contributed by atoms with E-state index < -0.39 is 22.0 Å². The van der Waals surface area contributed by atoms with Crippen molar-refractivity contribution in [1.82, 2.24) is 0 Å². The highest BCUT2D eigenvalue weighted by molar-refractivity contribution is 7.92. The van der Waals surface area contributed by atoms with Gasteiger partial charge in [-0.3, -0.25) is 9.10 Å². The van der Waals surface area contributed by atoms with Crippen LogP contribution in [-0.4, -0.2) is 40.8 Å². The molecule has 0 bridgehead atoms. The average Bonchev–Trinajstić information content (AvgIpc) is 2.63. The third kappa shape index (κ3) is 5.01. The van der Waals surface area contributed by atoms with Crippen molar-refractivity contribution in [3.05, 3.63) is 46.4 Å². The molecular weight excluding hydrogens is 427 g/mol. The first kappa shape index (κ1) is 22.1. The molecule has 1 atom stereocenters. The molecule has 0 aliphatic heterocycles. The lowest BCUT2D eigenvalue weighted by molar-refractivity contribution is -0.116. The monoisotopic (exact) mass is 446 g/mol. The Morgan fingerprint density at radius 2 is 1.75 bits per heavy atom. The van der Waals surface area contributed by atoms with Crippen molar-refractivity contribution < 1.29 is 22.7 Å². The summed E-state index contributed by atoms with van der Waals surface area (Å²) in [5, 5.41) is 3.13. The van der Waals surface area contributed by atoms with Crippen molar-refractivity contribution in [3.8, 4) is 11.5 Å². The molecule has 0 radical (unpaired) electrons. The summed E-state index contributed by atoms with van der Waals surface area (Å²) in [4.78, 5) is 12.8. The molecule has 0 aliphatic carbocycles. The number of nitrogens with one attached hydrogen (secondary N) is 1. The third-order valence-electron chi connectivity index (χ3n) is 3.91. The summed E-state index contributed by atoms with van der Waals surface area (Å²) in [6.45, 7) is 1.47. The van der Waals surface area contributed by atoms with Crippen molar-refractivity contribution in [2.24, 2.45) is 0 Å². The van der Waals surface area contributed by atoms with Gasteiger partial charge < -0.3 is 14.8 Å². The zero-order chi connectivity index (χ0) is 21.1. The Kier molecular flexibility index (Phi) is 7.03. The van der Waals surface area contributed by atoms with E-state index in [2.05, 4.69) is 5.32 Å². The molecule has 1 N–H and O–H groups in total. The van der Waals surface area contributed by atoms with Gasteiger partial charge in [-0.15, -0.1) is 0 Å². The molecule has 2 aromatic rings. The number of hydrogen-bond donors (Lipinski definition) is 1. The maximum Gasteiger partial charge on any atom is 0.248 e. The van der Waals surface area contributed by atoms with Gasteiger partial charge in [0.25, 0.3) is 0 Å². The molecule has 0 aliphatic rings. The zero-order valence-corrected chi connectivity index (χ0v) is 18.0. The maximum atomic E-state index is 12.8. The number of carbonyl (C=O) groups is 1. The molecule has 0 saturated heterocycles. The molecule has 2 rings (SSSR count). The lowest BCUT2D eigenvalue weighted by Crippen LogP contribution is -2.45. The topological polar surface area (TPSA) is 84.9 Å². The fourth-order valence-corrected chi connectivity index (χ4v) is 4.03. The fraction of sp³-hybridized carbons (Fsp3) is 0.278. The molecule has 28 heavy (non-hydrogen) atoms. The normalized spacial score (nSPS) is 12.2. The summed E-state index contributed by atoms with van der Waals surface area (Å²) < 4.78 is 36.1. The Morgan fingerprint density at radius 3 is 2.29 bits per heavy atom. The van der Waals surface area contributed by atoms with Crippen molar-refractivity contribution >= 4 is 50.5 Å². The van der Waals surface area contributed by atoms with Gasteiger partial charge in [0.2, 0.25) is 15.9 Å². The highest BCUT2D eigenvalue weighted by atomic mass is 35.5. The van der Waals surface area contributed by atoms with E-state index in [9.17, 15) is 13.2 Å². The maximum absolute atomic E-state index is 12.8. The van der Waals surface area contributed by atoms with Crippen LogP contribution in [0.15, 0.2) is 36.4 Å². The summed E-state index contributed by atoms with van der Waals surface area (Å²) in [7, 11) is -0.830. The molecule has 2 aromatic carbocycles. The summed E-state index contributed by atoms with van der Waals surface area (Å²) in [5.74, 6) is 0.372. The van der Waals surface area contributed by atoms with Crippen molar-refractivity contribution in [2.75, 3.05) is 30.1 Å². The minimum atomic E-state index is -3.79. The summed E-state index contributed by atoms with van der Waals surface area (Å²) in [6, 6.07) is 8.12. The summed E-state index contributed by atoms with van der Waals surface area (Å²) >= 11 is 11.9. The number of anilines is 2. The van der Waals surface area contributed by atoms with Crippen LogP contribution in [0.4, 0.5) is 11.4 Å². The lowest BCUT2D eigenvalue weighted by atomic mass is 10.2. The number of carbonyl (C=O) groups excluding carboxylic acids is 1. The molecule has 1 unspecified atom stereocenters. The van der Waals surface area contributed by atoms with Crippen LogP contribution in [0.3, 0.4) is 0 Å². The van der Waals surface area contributed by atoms with Gasteiger partial charge in [0, 0.05) is 6.07 Å². The molecule has 0 fully saturated rings. The third-order valence-corrected chi connectivity index (χ3v) is 5.89. The first-order valence-electron chi connectivity index (χ1n) is 8.05. The van der Waals surface area contributed by atoms with Crippen molar-refractivity contribution in [3.63, 3.8) is 0 Å². The molecule has 0 saturated carbocycles. The number of hydrogen-bond acceptors (Lipinski definition) is 5. The van der Waals surface area contributed by atoms with Gasteiger partial charge >= 0.3 is 0 Å². The van der Waals surface area contributed by atoms with E-state index in [0.29, 0.717) is 17.2 Å². The van der Waals surface area contributed by atoms with Gasteiger partial charge in [0.05, 0.1) is 41.9 Å². The number of halogens is 2. The SMILES string of the molecule is COc1ccc(NC(=O)C(C)N(c2ccc(Cl)c(Cl)c2)S(C)(=O)=O)c(OC)c1. The predicted molar refractivity (Wildman–Crippen MR) is 111 cm³/mol. The molecule has 10 heteroatoms. The largest absolute Gasteiger partial charge is 0.497 e. The Bertz CT molecular complexity index is 982. The first-order valence-corrected chi connectivity index (χ1v) is 10.7. The van der Waals surface area contributed by atoms with E-state index in [-0.39, 0.29) is 15.7 Å². The van der Waals surface area contributed by atoms with Crippen LogP contribution >= 0.6 is 23.2 Å². The number of amides is 1. The average molecular weight is 447 g/mol. The predicted octanol–water partition coefficient (Wildman–Crippen LogP) is 3.80. The molecule has 152 valence electrons. The highest BCUT2D eigenvalue weighted by Gasteiger charge is 2.30. The van der Waals surface area contributed by atoms with Gasteiger partial charge in [-0.1, -0.05) is 23.2 Å². The Morgan fingerprint density at radius 1 is 1.07 bits per heavy atom. The van der Waals surface area contributed by atoms with E-state index in [1.807, 2.05) is 0 Å². The number of rotatable bonds is 7. The standard InChI is InChI=1S/C18H20Cl2N2O5S/c1-11(18(23)21-16-8-6-13(26-2)10-17(16)27-3)22(28(4,24)25)12-5-7-14(19)15(20)9-12/h5-11H,1-4H3,(H,21,23). The summed E-state index contributed by atoms with van der Waals surface area (Å²) in [6.07, 6.45) is 1.01. The minimum absolute atomic E-state index is 0.178. The quantitative estimate of drug-likeness (QED) is 0.698. The van der Waals surface area contributed by atoms with Crippen LogP contribution in [0.25, 0.3) is 0 Å². The van der Waals surface area contributed by atoms with E-state index >= 15 is 0 Å². The second-order valence-corrected chi connectivity index (χ2v) is 8.56. The lowest BCUT2D eigenvalue weighted by Gasteiger charge is -2.28. The van der Waals surface area contributed by atoms with Crippen LogP contribution in [-0.2, 0) is 14.8 Å². The Balaban J connectivity index is 2.36. The number of nitrogens with zero attached hydrogens (tertiary/aromatic N) is 1. The number of benzene rings is 2. The van der Waals surface area contributed by atoms with Crippen LogP contribution in [0.1, 0.15) is 6.92 Å². The minimum Gasteiger partial charge on any atom is -0.497 e. The Labute approximate surface area is 174 Å². The fourth-order valence-electron chi connectivity index (χ4n) is 2.57. The molecule has 0 heterocycles. The Hall–Kier alpha value is -2.16. The van der Waals surface area contributed by atoms with Crippen LogP contribution in [0.5, 0.6) is 11.5 Å². The molecule has 7 nitrogen and oxygen atoms in total. The van der Waals surface area contributed by atoms with Crippen LogP contribution in [0, 0.1) is 0 Å². The number of ether oxygens (including phenoxy) is 2. The van der Waals surface area contributed by atoms with Gasteiger partial charge in [-0.2, -0.15) is 0 Å². The van der Waals surface area contributed by atoms with E-state index in [0.717, 1.165) is 10.6 Å². The second-order valence-electron chi connectivity index (χ2n) is 5.89. The molecular formula is C18H20Cl2N2O5S. The second kappa shape index (κ2) is 8.89. The molecule has 0 aromatic heterocycles. The highest BCUT2D eigenvalue weighted by Crippen LogP contribution is 2.31. The van der Waals surface area contributed by atoms with Gasteiger partial charge in [0.15, 0.2) is 0 Å². The van der Waals surface area contributed by atoms with E-state index in [1.165, 1.54) is 39.3 Å². The first-order chi connectivity index (χ1) is 13.1. The van der Waals surface area contributed by atoms with Crippen LogP contribution in [0.2, 0.25) is 10.0 Å². The van der Waals surface area contributed by atoms with Gasteiger partial charge in [0.1, 0.15) is 17.5 Å². The molecule has 0 spiro atoms. The van der Waals surface area contributed by atoms with E-state index in [1.54, 1.807) is 18.2 Å². The van der Waals surface area contributed by atoms with Gasteiger partial charge in [-0.05, 0) is 37.3 Å². The smallest absolute Gasteiger partial charge is 0.248 e. The van der Waals surface area contributed by atoms with Crippen LogP contribution < -0.4 is 19.1 Å². The van der Waals surface area contributed by atoms with Crippen molar-refractivity contribution in [2.45, 2.75) is 13.0 Å². The summed E-state index contributed by atoms with van der Waals surface area (Å²) in [5.41, 5.74) is 0.601. The van der Waals surface area contributed by atoms with E-state index in [4.69, 9.17) is 32.7 Å². The van der Waals surface area contributed by atoms with Crippen molar-refractivity contribution in [1.29, 1.82) is 0 Å². The number of sulfonamides is 1. The zero-order valence-electron chi connectivity index (χ0n) is 15.7. The molecule has 1 amide bonds.